The third-order valence-corrected chi connectivity index (χ3v) is 3.42. The lowest BCUT2D eigenvalue weighted by atomic mass is 10.0. The Bertz CT molecular complexity index is 688. The zero-order valence-electron chi connectivity index (χ0n) is 12.9. The number of hydrogen-bond acceptors (Lipinski definition) is 4. The van der Waals surface area contributed by atoms with Gasteiger partial charge in [-0.1, -0.05) is 12.1 Å². The van der Waals surface area contributed by atoms with E-state index in [1.165, 1.54) is 0 Å². The summed E-state index contributed by atoms with van der Waals surface area (Å²) in [5.41, 5.74) is 2.32. The SMILES string of the molecule is CCOC(=O)c1[nH]cc(C(=O)Cc2cccc(OC)c2)c1C. The number of Topliss-reactive ketones (excluding diaryl/α,β-unsaturated/α-hetero) is 1. The van der Waals surface area contributed by atoms with Gasteiger partial charge in [-0.25, -0.2) is 4.79 Å². The summed E-state index contributed by atoms with van der Waals surface area (Å²) in [6.45, 7) is 3.77. The summed E-state index contributed by atoms with van der Waals surface area (Å²) in [7, 11) is 1.59. The number of benzene rings is 1. The average molecular weight is 301 g/mol. The number of carbonyl (C=O) groups excluding carboxylic acids is 2. The van der Waals surface area contributed by atoms with Crippen LogP contribution in [-0.4, -0.2) is 30.5 Å². The Morgan fingerprint density at radius 1 is 1.27 bits per heavy atom. The van der Waals surface area contributed by atoms with Crippen molar-refractivity contribution in [1.82, 2.24) is 4.98 Å². The Morgan fingerprint density at radius 3 is 2.73 bits per heavy atom. The number of carbonyl (C=O) groups is 2. The second-order valence-corrected chi connectivity index (χ2v) is 4.87. The molecule has 2 rings (SSSR count). The molecule has 0 aliphatic carbocycles. The van der Waals surface area contributed by atoms with E-state index in [9.17, 15) is 9.59 Å². The number of rotatable bonds is 6. The van der Waals surface area contributed by atoms with Crippen LogP contribution in [0.1, 0.15) is 38.9 Å². The molecule has 0 fully saturated rings. The number of aromatic amines is 1. The van der Waals surface area contributed by atoms with E-state index in [1.807, 2.05) is 24.3 Å². The van der Waals surface area contributed by atoms with E-state index >= 15 is 0 Å². The molecule has 1 aromatic carbocycles. The van der Waals surface area contributed by atoms with Crippen molar-refractivity contribution in [3.05, 3.63) is 52.8 Å². The lowest BCUT2D eigenvalue weighted by molar-refractivity contribution is 0.0519. The van der Waals surface area contributed by atoms with Crippen LogP contribution >= 0.6 is 0 Å². The van der Waals surface area contributed by atoms with Crippen LogP contribution in [0.4, 0.5) is 0 Å². The predicted octanol–water partition coefficient (Wildman–Crippen LogP) is 2.93. The molecule has 0 saturated carbocycles. The first-order valence-electron chi connectivity index (χ1n) is 7.08. The fraction of sp³-hybridized carbons (Fsp3) is 0.294. The predicted molar refractivity (Wildman–Crippen MR) is 82.5 cm³/mol. The molecule has 0 bridgehead atoms. The smallest absolute Gasteiger partial charge is 0.355 e. The van der Waals surface area contributed by atoms with Crippen molar-refractivity contribution >= 4 is 11.8 Å². The molecule has 22 heavy (non-hydrogen) atoms. The maximum Gasteiger partial charge on any atom is 0.355 e. The summed E-state index contributed by atoms with van der Waals surface area (Å²) in [6.07, 6.45) is 1.81. The number of ketones is 1. The van der Waals surface area contributed by atoms with E-state index < -0.39 is 5.97 Å². The highest BCUT2D eigenvalue weighted by Crippen LogP contribution is 2.18. The molecule has 5 nitrogen and oxygen atoms in total. The molecule has 0 amide bonds. The summed E-state index contributed by atoms with van der Waals surface area (Å²) < 4.78 is 10.1. The Balaban J connectivity index is 2.18. The van der Waals surface area contributed by atoms with Gasteiger partial charge < -0.3 is 14.5 Å². The fourth-order valence-corrected chi connectivity index (χ4v) is 2.26. The molecule has 0 atom stereocenters. The zero-order chi connectivity index (χ0) is 16.1. The highest BCUT2D eigenvalue weighted by atomic mass is 16.5. The van der Waals surface area contributed by atoms with Gasteiger partial charge in [0.05, 0.1) is 13.7 Å². The third kappa shape index (κ3) is 3.36. The Kier molecular flexibility index (Phi) is 4.99. The molecule has 1 N–H and O–H groups in total. The van der Waals surface area contributed by atoms with Crippen LogP contribution in [0.2, 0.25) is 0 Å². The van der Waals surface area contributed by atoms with Gasteiger partial charge in [-0.15, -0.1) is 0 Å². The van der Waals surface area contributed by atoms with Gasteiger partial charge in [-0.2, -0.15) is 0 Å². The lowest BCUT2D eigenvalue weighted by Gasteiger charge is -2.04. The Labute approximate surface area is 129 Å². The highest BCUT2D eigenvalue weighted by Gasteiger charge is 2.19. The summed E-state index contributed by atoms with van der Waals surface area (Å²) in [5, 5.41) is 0. The van der Waals surface area contributed by atoms with E-state index in [2.05, 4.69) is 4.98 Å². The molecular weight excluding hydrogens is 282 g/mol. The van der Waals surface area contributed by atoms with Gasteiger partial charge in [-0.05, 0) is 37.1 Å². The first-order chi connectivity index (χ1) is 10.6. The monoisotopic (exact) mass is 301 g/mol. The summed E-state index contributed by atoms with van der Waals surface area (Å²) in [4.78, 5) is 27.0. The number of aromatic nitrogens is 1. The zero-order valence-corrected chi connectivity index (χ0v) is 12.9. The largest absolute Gasteiger partial charge is 0.497 e. The van der Waals surface area contributed by atoms with Crippen molar-refractivity contribution < 1.29 is 19.1 Å². The first kappa shape index (κ1) is 15.8. The van der Waals surface area contributed by atoms with Gasteiger partial charge in [0, 0.05) is 18.2 Å². The van der Waals surface area contributed by atoms with Crippen LogP contribution in [0.3, 0.4) is 0 Å². The van der Waals surface area contributed by atoms with Crippen LogP contribution < -0.4 is 4.74 Å². The highest BCUT2D eigenvalue weighted by molar-refractivity contribution is 6.02. The molecule has 0 aliphatic heterocycles. The minimum absolute atomic E-state index is 0.0578. The molecule has 1 heterocycles. The van der Waals surface area contributed by atoms with E-state index in [-0.39, 0.29) is 12.2 Å². The Morgan fingerprint density at radius 2 is 2.05 bits per heavy atom. The number of ether oxygens (including phenoxy) is 2. The molecule has 0 unspecified atom stereocenters. The topological polar surface area (TPSA) is 68.4 Å². The van der Waals surface area contributed by atoms with E-state index in [0.717, 1.165) is 5.56 Å². The maximum absolute atomic E-state index is 12.4. The molecule has 0 saturated heterocycles. The van der Waals surface area contributed by atoms with Crippen LogP contribution in [-0.2, 0) is 11.2 Å². The minimum atomic E-state index is -0.444. The molecule has 116 valence electrons. The van der Waals surface area contributed by atoms with Gasteiger partial charge in [-0.3, -0.25) is 4.79 Å². The second-order valence-electron chi connectivity index (χ2n) is 4.87. The molecule has 0 spiro atoms. The van der Waals surface area contributed by atoms with E-state index in [4.69, 9.17) is 9.47 Å². The summed E-state index contributed by atoms with van der Waals surface area (Å²) in [6, 6.07) is 7.37. The molecule has 2 aromatic rings. The third-order valence-electron chi connectivity index (χ3n) is 3.42. The number of H-pyrrole nitrogens is 1. The first-order valence-corrected chi connectivity index (χ1v) is 7.08. The number of hydrogen-bond donors (Lipinski definition) is 1. The van der Waals surface area contributed by atoms with Crippen molar-refractivity contribution in [2.24, 2.45) is 0 Å². The fourth-order valence-electron chi connectivity index (χ4n) is 2.26. The van der Waals surface area contributed by atoms with Crippen LogP contribution in [0.15, 0.2) is 30.5 Å². The van der Waals surface area contributed by atoms with Crippen molar-refractivity contribution in [3.8, 4) is 5.75 Å². The van der Waals surface area contributed by atoms with Gasteiger partial charge in [0.25, 0.3) is 0 Å². The quantitative estimate of drug-likeness (QED) is 0.658. The molecular formula is C17H19NO4. The summed E-state index contributed by atoms with van der Waals surface area (Å²) in [5.74, 6) is 0.210. The van der Waals surface area contributed by atoms with Crippen LogP contribution in [0.5, 0.6) is 5.75 Å². The molecule has 1 aromatic heterocycles. The second kappa shape index (κ2) is 6.93. The van der Waals surface area contributed by atoms with E-state index in [0.29, 0.717) is 29.2 Å². The normalized spacial score (nSPS) is 10.3. The van der Waals surface area contributed by atoms with Crippen LogP contribution in [0.25, 0.3) is 0 Å². The van der Waals surface area contributed by atoms with Gasteiger partial charge in [0.15, 0.2) is 5.78 Å². The average Bonchev–Trinajstić information content (AvgIpc) is 2.89. The molecule has 0 aliphatic rings. The molecule has 5 heteroatoms. The number of nitrogens with one attached hydrogen (secondary N) is 1. The molecule has 0 radical (unpaired) electrons. The Hall–Kier alpha value is -2.56. The van der Waals surface area contributed by atoms with Crippen molar-refractivity contribution in [3.63, 3.8) is 0 Å². The summed E-state index contributed by atoms with van der Waals surface area (Å²) >= 11 is 0. The number of esters is 1. The van der Waals surface area contributed by atoms with E-state index in [1.54, 1.807) is 27.2 Å². The minimum Gasteiger partial charge on any atom is -0.497 e. The number of methoxy groups -OCH3 is 1. The maximum atomic E-state index is 12.4. The van der Waals surface area contributed by atoms with Gasteiger partial charge in [0.1, 0.15) is 11.4 Å². The van der Waals surface area contributed by atoms with Crippen LogP contribution in [0, 0.1) is 6.92 Å². The standard InChI is InChI=1S/C17H19NO4/c1-4-22-17(20)16-11(2)14(10-18-16)15(19)9-12-6-5-7-13(8-12)21-3/h5-8,10,18H,4,9H2,1-3H3. The van der Waals surface area contributed by atoms with Crippen molar-refractivity contribution in [2.45, 2.75) is 20.3 Å². The van der Waals surface area contributed by atoms with Crippen molar-refractivity contribution in [1.29, 1.82) is 0 Å². The van der Waals surface area contributed by atoms with Gasteiger partial charge in [0.2, 0.25) is 0 Å². The van der Waals surface area contributed by atoms with Crippen molar-refractivity contribution in [2.75, 3.05) is 13.7 Å². The van der Waals surface area contributed by atoms with Gasteiger partial charge >= 0.3 is 5.97 Å². The lowest BCUT2D eigenvalue weighted by Crippen LogP contribution is -2.08.